The van der Waals surface area contributed by atoms with Gasteiger partial charge in [0.15, 0.2) is 10.2 Å². The van der Waals surface area contributed by atoms with Crippen LogP contribution in [0.3, 0.4) is 0 Å². The third-order valence-electron chi connectivity index (χ3n) is 1.01. The Hall–Kier alpha value is -1.28. The molecule has 6 N–H and O–H groups in total. The molecule has 0 aromatic carbocycles. The largest absolute Gasteiger partial charge is 0.375 e. The highest BCUT2D eigenvalue weighted by Crippen LogP contribution is 1.80. The first-order valence-corrected chi connectivity index (χ1v) is 4.49. The Balaban J connectivity index is 3.77. The summed E-state index contributed by atoms with van der Waals surface area (Å²) in [4.78, 5) is 0. The third kappa shape index (κ3) is 8.81. The van der Waals surface area contributed by atoms with Crippen molar-refractivity contribution >= 4 is 46.6 Å². The van der Waals surface area contributed by atoms with E-state index < -0.39 is 0 Å². The summed E-state index contributed by atoms with van der Waals surface area (Å²) < 4.78 is 0. The maximum Gasteiger partial charge on any atom is 0.184 e. The van der Waals surface area contributed by atoms with E-state index in [9.17, 15) is 0 Å². The molecule has 0 heterocycles. The van der Waals surface area contributed by atoms with E-state index in [0.717, 1.165) is 5.71 Å². The molecule has 8 heteroatoms. The Morgan fingerprint density at radius 2 is 1.86 bits per heavy atom. The number of hydrogen-bond acceptors (Lipinski definition) is 4. The number of thiocarbonyl (C=S) groups is 2. The van der Waals surface area contributed by atoms with Gasteiger partial charge in [0.25, 0.3) is 0 Å². The standard InChI is InChI=1S/C6H12N6S2/c1-4(10-12-6(8)14)2-3-9-11-5(7)13/h3H,2H2,1H3,(H3,7,11,13)(H3,8,12,14)/b9-3-,10-4-. The van der Waals surface area contributed by atoms with E-state index in [1.165, 1.54) is 0 Å². The molecule has 0 saturated heterocycles. The lowest BCUT2D eigenvalue weighted by atomic mass is 10.3. The Morgan fingerprint density at radius 3 is 2.36 bits per heavy atom. The van der Waals surface area contributed by atoms with Crippen LogP contribution in [0.1, 0.15) is 13.3 Å². The summed E-state index contributed by atoms with van der Waals surface area (Å²) in [5, 5.41) is 7.83. The lowest BCUT2D eigenvalue weighted by Gasteiger charge is -1.97. The van der Waals surface area contributed by atoms with Crippen LogP contribution >= 0.6 is 24.4 Å². The fourth-order valence-electron chi connectivity index (χ4n) is 0.483. The van der Waals surface area contributed by atoms with Crippen LogP contribution in [0.15, 0.2) is 10.2 Å². The molecule has 0 fully saturated rings. The molecule has 0 radical (unpaired) electrons. The quantitative estimate of drug-likeness (QED) is 0.293. The molecule has 0 saturated carbocycles. The average molecular weight is 232 g/mol. The molecule has 0 bridgehead atoms. The van der Waals surface area contributed by atoms with Crippen LogP contribution in [0.2, 0.25) is 0 Å². The zero-order valence-corrected chi connectivity index (χ0v) is 9.28. The minimum atomic E-state index is 0.122. The molecule has 78 valence electrons. The minimum absolute atomic E-state index is 0.122. The van der Waals surface area contributed by atoms with Gasteiger partial charge in [0.2, 0.25) is 0 Å². The maximum absolute atomic E-state index is 5.17. The van der Waals surface area contributed by atoms with Gasteiger partial charge in [0.05, 0.1) is 0 Å². The van der Waals surface area contributed by atoms with E-state index in [4.69, 9.17) is 11.5 Å². The van der Waals surface area contributed by atoms with E-state index in [1.54, 1.807) is 13.1 Å². The van der Waals surface area contributed by atoms with Gasteiger partial charge in [-0.25, -0.2) is 0 Å². The first-order chi connectivity index (χ1) is 6.52. The molecule has 0 unspecified atom stereocenters. The summed E-state index contributed by atoms with van der Waals surface area (Å²) in [5.74, 6) is 0. The van der Waals surface area contributed by atoms with E-state index >= 15 is 0 Å². The van der Waals surface area contributed by atoms with E-state index in [1.807, 2.05) is 0 Å². The highest BCUT2D eigenvalue weighted by atomic mass is 32.1. The van der Waals surface area contributed by atoms with Crippen LogP contribution in [-0.4, -0.2) is 22.2 Å². The van der Waals surface area contributed by atoms with Gasteiger partial charge < -0.3 is 11.5 Å². The van der Waals surface area contributed by atoms with Crippen LogP contribution < -0.4 is 22.3 Å². The van der Waals surface area contributed by atoms with E-state index in [0.29, 0.717) is 6.42 Å². The third-order valence-corrected chi connectivity index (χ3v) is 1.19. The first-order valence-electron chi connectivity index (χ1n) is 3.68. The normalized spacial score (nSPS) is 11.4. The minimum Gasteiger partial charge on any atom is -0.375 e. The van der Waals surface area contributed by atoms with Crippen molar-refractivity contribution < 1.29 is 0 Å². The van der Waals surface area contributed by atoms with Gasteiger partial charge in [0.1, 0.15) is 0 Å². The van der Waals surface area contributed by atoms with Crippen molar-refractivity contribution in [2.75, 3.05) is 0 Å². The molecular formula is C6H12N6S2. The highest BCUT2D eigenvalue weighted by Gasteiger charge is 1.88. The number of hydrogen-bond donors (Lipinski definition) is 4. The van der Waals surface area contributed by atoms with E-state index in [-0.39, 0.29) is 10.2 Å². The molecule has 6 nitrogen and oxygen atoms in total. The van der Waals surface area contributed by atoms with Crippen molar-refractivity contribution in [3.8, 4) is 0 Å². The number of hydrazone groups is 2. The molecule has 0 spiro atoms. The van der Waals surface area contributed by atoms with Crippen molar-refractivity contribution in [3.63, 3.8) is 0 Å². The molecule has 0 aliphatic heterocycles. The lowest BCUT2D eigenvalue weighted by molar-refractivity contribution is 1.01. The summed E-state index contributed by atoms with van der Waals surface area (Å²) >= 11 is 9.10. The molecule has 0 rings (SSSR count). The molecule has 14 heavy (non-hydrogen) atoms. The molecule has 0 aliphatic rings. The predicted octanol–water partition coefficient (Wildman–Crippen LogP) is -0.595. The first kappa shape index (κ1) is 12.7. The van der Waals surface area contributed by atoms with Gasteiger partial charge in [-0.15, -0.1) is 0 Å². The SMILES string of the molecule is C/C(C/C=N\NC(N)=S)=N/NC(N)=S. The van der Waals surface area contributed by atoms with Crippen LogP contribution in [0.4, 0.5) is 0 Å². The zero-order valence-electron chi connectivity index (χ0n) is 7.65. The topological polar surface area (TPSA) is 101 Å². The Labute approximate surface area is 92.8 Å². The van der Waals surface area contributed by atoms with Gasteiger partial charge in [-0.3, -0.25) is 10.9 Å². The van der Waals surface area contributed by atoms with E-state index in [2.05, 4.69) is 45.5 Å². The number of nitrogens with one attached hydrogen (secondary N) is 2. The Kier molecular flexibility index (Phi) is 6.50. The molecule has 0 aromatic rings. The van der Waals surface area contributed by atoms with Crippen LogP contribution in [0, 0.1) is 0 Å². The second kappa shape index (κ2) is 7.15. The number of nitrogens with zero attached hydrogens (tertiary/aromatic N) is 2. The summed E-state index contributed by atoms with van der Waals surface area (Å²) in [6.07, 6.45) is 2.13. The Bertz CT molecular complexity index is 271. The lowest BCUT2D eigenvalue weighted by Crippen LogP contribution is -2.25. The highest BCUT2D eigenvalue weighted by molar-refractivity contribution is 7.80. The maximum atomic E-state index is 5.17. The van der Waals surface area contributed by atoms with Gasteiger partial charge in [-0.1, -0.05) is 0 Å². The summed E-state index contributed by atoms with van der Waals surface area (Å²) in [6, 6.07) is 0. The Morgan fingerprint density at radius 1 is 1.29 bits per heavy atom. The molecule has 0 atom stereocenters. The van der Waals surface area contributed by atoms with Gasteiger partial charge in [0, 0.05) is 18.3 Å². The fourth-order valence-corrected chi connectivity index (χ4v) is 0.582. The monoisotopic (exact) mass is 232 g/mol. The molecular weight excluding hydrogens is 220 g/mol. The van der Waals surface area contributed by atoms with Crippen molar-refractivity contribution in [1.82, 2.24) is 10.9 Å². The second-order valence-electron chi connectivity index (χ2n) is 2.31. The zero-order chi connectivity index (χ0) is 11.0. The smallest absolute Gasteiger partial charge is 0.184 e. The molecule has 0 amide bonds. The number of rotatable bonds is 4. The van der Waals surface area contributed by atoms with Gasteiger partial charge in [-0.05, 0) is 31.4 Å². The average Bonchev–Trinajstić information content (AvgIpc) is 2.08. The fraction of sp³-hybridized carbons (Fsp3) is 0.333. The second-order valence-corrected chi connectivity index (χ2v) is 3.19. The van der Waals surface area contributed by atoms with Crippen molar-refractivity contribution in [1.29, 1.82) is 0 Å². The van der Waals surface area contributed by atoms with Crippen LogP contribution in [-0.2, 0) is 0 Å². The summed E-state index contributed by atoms with van der Waals surface area (Å²) in [7, 11) is 0. The molecule has 0 aliphatic carbocycles. The van der Waals surface area contributed by atoms with Crippen molar-refractivity contribution in [2.24, 2.45) is 21.7 Å². The predicted molar refractivity (Wildman–Crippen MR) is 66.1 cm³/mol. The van der Waals surface area contributed by atoms with Crippen LogP contribution in [0.5, 0.6) is 0 Å². The number of nitrogens with two attached hydrogens (primary N) is 2. The van der Waals surface area contributed by atoms with Crippen molar-refractivity contribution in [3.05, 3.63) is 0 Å². The van der Waals surface area contributed by atoms with Gasteiger partial charge in [-0.2, -0.15) is 10.2 Å². The summed E-state index contributed by atoms with van der Waals surface area (Å²) in [5.41, 5.74) is 16.0. The van der Waals surface area contributed by atoms with Gasteiger partial charge >= 0.3 is 0 Å². The summed E-state index contributed by atoms with van der Waals surface area (Å²) in [6.45, 7) is 1.80. The van der Waals surface area contributed by atoms with Crippen LogP contribution in [0.25, 0.3) is 0 Å². The van der Waals surface area contributed by atoms with Crippen molar-refractivity contribution in [2.45, 2.75) is 13.3 Å². The molecule has 0 aromatic heterocycles.